The predicted molar refractivity (Wildman–Crippen MR) is 92.3 cm³/mol. The number of rotatable bonds is 4. The van der Waals surface area contributed by atoms with Gasteiger partial charge in [-0.3, -0.25) is 4.98 Å². The van der Waals surface area contributed by atoms with Crippen molar-refractivity contribution in [1.82, 2.24) is 19.5 Å². The van der Waals surface area contributed by atoms with E-state index in [4.69, 9.17) is 4.42 Å². The van der Waals surface area contributed by atoms with Crippen molar-refractivity contribution in [3.8, 4) is 0 Å². The van der Waals surface area contributed by atoms with E-state index in [9.17, 15) is 0 Å². The van der Waals surface area contributed by atoms with Crippen molar-refractivity contribution in [2.45, 2.75) is 20.4 Å². The highest BCUT2D eigenvalue weighted by molar-refractivity contribution is 5.93. The third kappa shape index (κ3) is 2.42. The second-order valence-corrected chi connectivity index (χ2v) is 5.66. The summed E-state index contributed by atoms with van der Waals surface area (Å²) in [6.07, 6.45) is 6.78. The van der Waals surface area contributed by atoms with E-state index >= 15 is 0 Å². The van der Waals surface area contributed by atoms with Crippen LogP contribution in [0.1, 0.15) is 17.0 Å². The van der Waals surface area contributed by atoms with Crippen LogP contribution in [0, 0.1) is 13.8 Å². The van der Waals surface area contributed by atoms with Crippen LogP contribution in [0.15, 0.2) is 53.7 Å². The van der Waals surface area contributed by atoms with Crippen LogP contribution in [-0.2, 0) is 6.54 Å². The second kappa shape index (κ2) is 5.81. The van der Waals surface area contributed by atoms with Gasteiger partial charge in [0.15, 0.2) is 0 Å². The minimum Gasteiger partial charge on any atom is -0.467 e. The molecule has 0 spiro atoms. The van der Waals surface area contributed by atoms with Crippen LogP contribution in [-0.4, -0.2) is 19.5 Å². The zero-order chi connectivity index (χ0) is 16.5. The van der Waals surface area contributed by atoms with Gasteiger partial charge in [0.25, 0.3) is 0 Å². The third-order valence-electron chi connectivity index (χ3n) is 4.24. The molecule has 4 aromatic rings. The van der Waals surface area contributed by atoms with Crippen LogP contribution < -0.4 is 5.32 Å². The first-order valence-electron chi connectivity index (χ1n) is 7.74. The van der Waals surface area contributed by atoms with Gasteiger partial charge in [-0.1, -0.05) is 0 Å². The van der Waals surface area contributed by atoms with Gasteiger partial charge < -0.3 is 14.3 Å². The summed E-state index contributed by atoms with van der Waals surface area (Å²) in [6, 6.07) is 7.69. The largest absolute Gasteiger partial charge is 0.467 e. The average molecular weight is 319 g/mol. The van der Waals surface area contributed by atoms with Crippen molar-refractivity contribution < 1.29 is 4.42 Å². The molecule has 4 aromatic heterocycles. The van der Waals surface area contributed by atoms with Crippen molar-refractivity contribution in [2.24, 2.45) is 0 Å². The van der Waals surface area contributed by atoms with E-state index in [-0.39, 0.29) is 0 Å². The Balaban J connectivity index is 1.82. The van der Waals surface area contributed by atoms with Crippen LogP contribution in [0.3, 0.4) is 0 Å². The van der Waals surface area contributed by atoms with Gasteiger partial charge >= 0.3 is 0 Å². The Labute approximate surface area is 139 Å². The molecule has 4 heterocycles. The Morgan fingerprint density at radius 1 is 1.12 bits per heavy atom. The number of pyridine rings is 1. The topological polar surface area (TPSA) is 68.8 Å². The smallest absolute Gasteiger partial charge is 0.146 e. The van der Waals surface area contributed by atoms with E-state index in [0.717, 1.165) is 39.6 Å². The second-order valence-electron chi connectivity index (χ2n) is 5.66. The summed E-state index contributed by atoms with van der Waals surface area (Å²) < 4.78 is 7.65. The van der Waals surface area contributed by atoms with Gasteiger partial charge in [-0.05, 0) is 43.7 Å². The van der Waals surface area contributed by atoms with Crippen molar-refractivity contribution >= 4 is 22.5 Å². The van der Waals surface area contributed by atoms with Crippen LogP contribution in [0.25, 0.3) is 11.0 Å². The first kappa shape index (κ1) is 14.4. The van der Waals surface area contributed by atoms with Gasteiger partial charge in [-0.15, -0.1) is 0 Å². The zero-order valence-electron chi connectivity index (χ0n) is 13.5. The normalized spacial score (nSPS) is 11.1. The molecule has 6 heteroatoms. The lowest BCUT2D eigenvalue weighted by Gasteiger charge is -2.07. The Hall–Kier alpha value is -3.15. The summed E-state index contributed by atoms with van der Waals surface area (Å²) in [5.41, 5.74) is 4.15. The fourth-order valence-corrected chi connectivity index (χ4v) is 2.89. The van der Waals surface area contributed by atoms with E-state index in [1.807, 2.05) is 24.3 Å². The number of fused-ring (bicyclic) bond motifs is 1. The van der Waals surface area contributed by atoms with Crippen LogP contribution >= 0.6 is 0 Å². The van der Waals surface area contributed by atoms with E-state index in [2.05, 4.69) is 38.7 Å². The summed E-state index contributed by atoms with van der Waals surface area (Å²) in [7, 11) is 0. The molecule has 0 bridgehead atoms. The van der Waals surface area contributed by atoms with Crippen LogP contribution in [0.5, 0.6) is 0 Å². The number of nitrogens with one attached hydrogen (secondary N) is 1. The Morgan fingerprint density at radius 3 is 2.71 bits per heavy atom. The third-order valence-corrected chi connectivity index (χ3v) is 4.24. The van der Waals surface area contributed by atoms with Crippen LogP contribution in [0.2, 0.25) is 0 Å². The summed E-state index contributed by atoms with van der Waals surface area (Å²) >= 11 is 0. The Kier molecular flexibility index (Phi) is 3.49. The number of furan rings is 1. The maximum atomic E-state index is 5.49. The lowest BCUT2D eigenvalue weighted by Crippen LogP contribution is -2.02. The fourth-order valence-electron chi connectivity index (χ4n) is 2.89. The van der Waals surface area contributed by atoms with Crippen molar-refractivity contribution in [2.75, 3.05) is 5.32 Å². The summed E-state index contributed by atoms with van der Waals surface area (Å²) in [5.74, 6) is 1.70. The molecular weight excluding hydrogens is 302 g/mol. The van der Waals surface area contributed by atoms with Gasteiger partial charge in [-0.2, -0.15) is 0 Å². The molecule has 6 nitrogen and oxygen atoms in total. The van der Waals surface area contributed by atoms with Gasteiger partial charge in [-0.25, -0.2) is 9.97 Å². The molecular formula is C18H17N5O. The highest BCUT2D eigenvalue weighted by Crippen LogP contribution is 2.30. The maximum absolute atomic E-state index is 5.49. The molecule has 24 heavy (non-hydrogen) atoms. The van der Waals surface area contributed by atoms with Gasteiger partial charge in [0, 0.05) is 23.8 Å². The number of hydrogen-bond donors (Lipinski definition) is 1. The van der Waals surface area contributed by atoms with Gasteiger partial charge in [0.1, 0.15) is 23.6 Å². The average Bonchev–Trinajstić information content (AvgIpc) is 3.20. The number of anilines is 2. The zero-order valence-corrected chi connectivity index (χ0v) is 13.5. The van der Waals surface area contributed by atoms with Gasteiger partial charge in [0.2, 0.25) is 0 Å². The standard InChI is InChI=1S/C18H17N5O/c1-12-13(2)23(10-15-4-3-9-24-15)18-16(12)17(20-11-21-18)22-14-5-7-19-8-6-14/h3-9,11H,10H2,1-2H3,(H,19,20,21,22). The molecule has 0 saturated carbocycles. The Morgan fingerprint density at radius 2 is 1.96 bits per heavy atom. The Bertz CT molecular complexity index is 974. The fraction of sp³-hybridized carbons (Fsp3) is 0.167. The lowest BCUT2D eigenvalue weighted by molar-refractivity contribution is 0.494. The predicted octanol–water partition coefficient (Wildman–Crippen LogP) is 3.83. The number of hydrogen-bond acceptors (Lipinski definition) is 5. The van der Waals surface area contributed by atoms with Crippen molar-refractivity contribution in [1.29, 1.82) is 0 Å². The number of nitrogens with zero attached hydrogens (tertiary/aromatic N) is 4. The van der Waals surface area contributed by atoms with E-state index in [0.29, 0.717) is 6.54 Å². The summed E-state index contributed by atoms with van der Waals surface area (Å²) in [6.45, 7) is 4.84. The molecule has 0 aliphatic carbocycles. The molecule has 0 atom stereocenters. The molecule has 0 saturated heterocycles. The number of aromatic nitrogens is 4. The minimum absolute atomic E-state index is 0.648. The molecule has 0 amide bonds. The molecule has 4 rings (SSSR count). The monoisotopic (exact) mass is 319 g/mol. The highest BCUT2D eigenvalue weighted by Gasteiger charge is 2.17. The molecule has 0 unspecified atom stereocenters. The summed E-state index contributed by atoms with van der Waals surface area (Å²) in [4.78, 5) is 13.0. The molecule has 0 aliphatic heterocycles. The molecule has 120 valence electrons. The quantitative estimate of drug-likeness (QED) is 0.619. The van der Waals surface area contributed by atoms with E-state index < -0.39 is 0 Å². The molecule has 0 fully saturated rings. The molecule has 0 aliphatic rings. The highest BCUT2D eigenvalue weighted by atomic mass is 16.3. The first-order valence-corrected chi connectivity index (χ1v) is 7.74. The SMILES string of the molecule is Cc1c(C)n(Cc2ccco2)c2ncnc(Nc3ccncc3)c12. The van der Waals surface area contributed by atoms with E-state index in [1.165, 1.54) is 0 Å². The van der Waals surface area contributed by atoms with Crippen LogP contribution in [0.4, 0.5) is 11.5 Å². The minimum atomic E-state index is 0.648. The molecule has 1 N–H and O–H groups in total. The number of aryl methyl sites for hydroxylation is 1. The van der Waals surface area contributed by atoms with E-state index in [1.54, 1.807) is 25.0 Å². The maximum Gasteiger partial charge on any atom is 0.146 e. The van der Waals surface area contributed by atoms with Crippen molar-refractivity contribution in [3.05, 3.63) is 66.3 Å². The lowest BCUT2D eigenvalue weighted by atomic mass is 10.2. The van der Waals surface area contributed by atoms with Gasteiger partial charge in [0.05, 0.1) is 18.2 Å². The van der Waals surface area contributed by atoms with Crippen molar-refractivity contribution in [3.63, 3.8) is 0 Å². The molecule has 0 aromatic carbocycles. The first-order chi connectivity index (χ1) is 11.7. The molecule has 0 radical (unpaired) electrons. The summed E-state index contributed by atoms with van der Waals surface area (Å²) in [5, 5.41) is 4.39.